The Morgan fingerprint density at radius 3 is 2.80 bits per heavy atom. The second kappa shape index (κ2) is 7.05. The van der Waals surface area contributed by atoms with Gasteiger partial charge in [-0.15, -0.1) is 0 Å². The van der Waals surface area contributed by atoms with E-state index in [4.69, 9.17) is 4.74 Å². The number of carbonyl (C=O) groups is 2. The quantitative estimate of drug-likeness (QED) is 0.876. The zero-order valence-electron chi connectivity index (χ0n) is 11.7. The van der Waals surface area contributed by atoms with Gasteiger partial charge in [-0.25, -0.2) is 0 Å². The van der Waals surface area contributed by atoms with Gasteiger partial charge in [0.05, 0.1) is 25.7 Å². The molecular formula is C15H20N2O3. The molecule has 20 heavy (non-hydrogen) atoms. The van der Waals surface area contributed by atoms with Crippen molar-refractivity contribution in [2.75, 3.05) is 26.2 Å². The van der Waals surface area contributed by atoms with E-state index in [2.05, 4.69) is 5.32 Å². The molecule has 1 aromatic rings. The first-order valence-corrected chi connectivity index (χ1v) is 6.85. The fourth-order valence-electron chi connectivity index (χ4n) is 2.17. The molecule has 5 nitrogen and oxygen atoms in total. The number of amides is 2. The molecule has 1 aliphatic rings. The molecule has 1 N–H and O–H groups in total. The maximum Gasteiger partial charge on any atom is 0.242 e. The number of hydrogen-bond donors (Lipinski definition) is 1. The van der Waals surface area contributed by atoms with Crippen LogP contribution in [0.4, 0.5) is 0 Å². The Balaban J connectivity index is 1.74. The highest BCUT2D eigenvalue weighted by atomic mass is 16.5. The molecule has 0 bridgehead atoms. The smallest absolute Gasteiger partial charge is 0.242 e. The average molecular weight is 276 g/mol. The van der Waals surface area contributed by atoms with E-state index < -0.39 is 0 Å². The van der Waals surface area contributed by atoms with Crippen molar-refractivity contribution in [1.29, 1.82) is 0 Å². The van der Waals surface area contributed by atoms with Crippen molar-refractivity contribution >= 4 is 11.8 Å². The van der Waals surface area contributed by atoms with E-state index in [0.717, 1.165) is 5.56 Å². The van der Waals surface area contributed by atoms with Crippen molar-refractivity contribution < 1.29 is 14.3 Å². The Bertz CT molecular complexity index is 461. The van der Waals surface area contributed by atoms with Crippen LogP contribution in [0.1, 0.15) is 12.5 Å². The van der Waals surface area contributed by atoms with Crippen LogP contribution < -0.4 is 5.32 Å². The van der Waals surface area contributed by atoms with Gasteiger partial charge in [0.1, 0.15) is 0 Å². The summed E-state index contributed by atoms with van der Waals surface area (Å²) in [6.45, 7) is 3.74. The normalized spacial score (nSPS) is 18.6. The first-order chi connectivity index (χ1) is 9.65. The van der Waals surface area contributed by atoms with Gasteiger partial charge in [-0.3, -0.25) is 9.59 Å². The molecule has 1 aromatic carbocycles. The summed E-state index contributed by atoms with van der Waals surface area (Å²) in [5, 5.41) is 2.67. The van der Waals surface area contributed by atoms with Gasteiger partial charge in [0.2, 0.25) is 11.8 Å². The molecule has 1 heterocycles. The fraction of sp³-hybridized carbons (Fsp3) is 0.467. The third-order valence-corrected chi connectivity index (χ3v) is 3.24. The molecule has 108 valence electrons. The second-order valence-electron chi connectivity index (χ2n) is 4.96. The molecule has 0 saturated carbocycles. The van der Waals surface area contributed by atoms with E-state index in [1.54, 1.807) is 4.90 Å². The highest BCUT2D eigenvalue weighted by Gasteiger charge is 2.21. The summed E-state index contributed by atoms with van der Waals surface area (Å²) >= 11 is 0. The van der Waals surface area contributed by atoms with E-state index in [-0.39, 0.29) is 24.5 Å². The van der Waals surface area contributed by atoms with Gasteiger partial charge in [0, 0.05) is 13.1 Å². The Labute approximate surface area is 118 Å². The third kappa shape index (κ3) is 4.35. The molecule has 2 amide bonds. The van der Waals surface area contributed by atoms with Crippen LogP contribution in [0.3, 0.4) is 0 Å². The zero-order valence-corrected chi connectivity index (χ0v) is 11.7. The lowest BCUT2D eigenvalue weighted by Gasteiger charge is -2.31. The SMILES string of the molecule is CC1CN(C(=O)CNC(=O)Cc2ccccc2)CCO1. The lowest BCUT2D eigenvalue weighted by molar-refractivity contribution is -0.138. The van der Waals surface area contributed by atoms with Crippen LogP contribution >= 0.6 is 0 Å². The van der Waals surface area contributed by atoms with Crippen molar-refractivity contribution in [3.8, 4) is 0 Å². The topological polar surface area (TPSA) is 58.6 Å². The molecule has 5 heteroatoms. The van der Waals surface area contributed by atoms with Crippen molar-refractivity contribution in [3.63, 3.8) is 0 Å². The number of rotatable bonds is 4. The van der Waals surface area contributed by atoms with Gasteiger partial charge in [-0.05, 0) is 12.5 Å². The largest absolute Gasteiger partial charge is 0.375 e. The number of ether oxygens (including phenoxy) is 1. The van der Waals surface area contributed by atoms with Crippen LogP contribution in [-0.2, 0) is 20.7 Å². The summed E-state index contributed by atoms with van der Waals surface area (Å²) in [6.07, 6.45) is 0.362. The summed E-state index contributed by atoms with van der Waals surface area (Å²) in [7, 11) is 0. The number of carbonyl (C=O) groups excluding carboxylic acids is 2. The van der Waals surface area contributed by atoms with E-state index >= 15 is 0 Å². The molecule has 0 aliphatic carbocycles. The first kappa shape index (κ1) is 14.5. The molecular weight excluding hydrogens is 256 g/mol. The fourth-order valence-corrected chi connectivity index (χ4v) is 2.17. The molecule has 1 fully saturated rings. The van der Waals surface area contributed by atoms with E-state index in [9.17, 15) is 9.59 Å². The van der Waals surface area contributed by atoms with Crippen LogP contribution in [0.15, 0.2) is 30.3 Å². The standard InChI is InChI=1S/C15H20N2O3/c1-12-11-17(7-8-20-12)15(19)10-16-14(18)9-13-5-3-2-4-6-13/h2-6,12H,7-11H2,1H3,(H,16,18). The summed E-state index contributed by atoms with van der Waals surface area (Å²) in [4.78, 5) is 25.4. The summed E-state index contributed by atoms with van der Waals surface area (Å²) in [5.41, 5.74) is 0.942. The monoisotopic (exact) mass is 276 g/mol. The van der Waals surface area contributed by atoms with Crippen LogP contribution in [-0.4, -0.2) is 49.1 Å². The van der Waals surface area contributed by atoms with Gasteiger partial charge in [-0.2, -0.15) is 0 Å². The zero-order chi connectivity index (χ0) is 14.4. The number of nitrogens with zero attached hydrogens (tertiary/aromatic N) is 1. The van der Waals surface area contributed by atoms with Crippen molar-refractivity contribution in [1.82, 2.24) is 10.2 Å². The van der Waals surface area contributed by atoms with Gasteiger partial charge in [-0.1, -0.05) is 30.3 Å². The predicted molar refractivity (Wildman–Crippen MR) is 75.1 cm³/mol. The van der Waals surface area contributed by atoms with Crippen molar-refractivity contribution in [2.24, 2.45) is 0 Å². The van der Waals surface area contributed by atoms with Crippen molar-refractivity contribution in [2.45, 2.75) is 19.4 Å². The highest BCUT2D eigenvalue weighted by molar-refractivity contribution is 5.85. The molecule has 1 saturated heterocycles. The molecule has 1 aliphatic heterocycles. The Kier molecular flexibility index (Phi) is 5.12. The first-order valence-electron chi connectivity index (χ1n) is 6.85. The van der Waals surface area contributed by atoms with Gasteiger partial charge in [0.25, 0.3) is 0 Å². The van der Waals surface area contributed by atoms with Crippen LogP contribution in [0.25, 0.3) is 0 Å². The minimum atomic E-state index is -0.133. The number of benzene rings is 1. The number of nitrogens with one attached hydrogen (secondary N) is 1. The average Bonchev–Trinajstić information content (AvgIpc) is 2.46. The van der Waals surface area contributed by atoms with E-state index in [1.165, 1.54) is 0 Å². The van der Waals surface area contributed by atoms with Gasteiger partial charge in [0.15, 0.2) is 0 Å². The highest BCUT2D eigenvalue weighted by Crippen LogP contribution is 2.04. The molecule has 0 aromatic heterocycles. The molecule has 1 atom stereocenters. The molecule has 2 rings (SSSR count). The summed E-state index contributed by atoms with van der Waals surface area (Å²) in [5.74, 6) is -0.188. The van der Waals surface area contributed by atoms with Gasteiger partial charge < -0.3 is 15.0 Å². The maximum absolute atomic E-state index is 12.0. The Morgan fingerprint density at radius 2 is 2.10 bits per heavy atom. The van der Waals surface area contributed by atoms with E-state index in [0.29, 0.717) is 26.1 Å². The lowest BCUT2D eigenvalue weighted by Crippen LogP contribution is -2.48. The minimum Gasteiger partial charge on any atom is -0.375 e. The summed E-state index contributed by atoms with van der Waals surface area (Å²) < 4.78 is 5.38. The third-order valence-electron chi connectivity index (χ3n) is 3.24. The van der Waals surface area contributed by atoms with Crippen LogP contribution in [0.5, 0.6) is 0 Å². The Hall–Kier alpha value is -1.88. The molecule has 0 spiro atoms. The van der Waals surface area contributed by atoms with Crippen molar-refractivity contribution in [3.05, 3.63) is 35.9 Å². The van der Waals surface area contributed by atoms with Crippen LogP contribution in [0, 0.1) is 0 Å². The minimum absolute atomic E-state index is 0.0540. The van der Waals surface area contributed by atoms with Gasteiger partial charge >= 0.3 is 0 Å². The maximum atomic E-state index is 12.0. The number of morpholine rings is 1. The number of hydrogen-bond acceptors (Lipinski definition) is 3. The summed E-state index contributed by atoms with van der Waals surface area (Å²) in [6, 6.07) is 9.48. The molecule has 0 radical (unpaired) electrons. The molecule has 1 unspecified atom stereocenters. The Morgan fingerprint density at radius 1 is 1.35 bits per heavy atom. The van der Waals surface area contributed by atoms with E-state index in [1.807, 2.05) is 37.3 Å². The second-order valence-corrected chi connectivity index (χ2v) is 4.96. The lowest BCUT2D eigenvalue weighted by atomic mass is 10.1. The van der Waals surface area contributed by atoms with Crippen LogP contribution in [0.2, 0.25) is 0 Å². The predicted octanol–water partition coefficient (Wildman–Crippen LogP) is 0.593.